The van der Waals surface area contributed by atoms with Gasteiger partial charge in [-0.25, -0.2) is 13.4 Å². The van der Waals surface area contributed by atoms with Gasteiger partial charge in [-0.05, 0) is 48.4 Å². The number of carbonyl (C=O) groups excluding carboxylic acids is 1. The summed E-state index contributed by atoms with van der Waals surface area (Å²) >= 11 is 0. The zero-order valence-electron chi connectivity index (χ0n) is 19.0. The molecule has 4 N–H and O–H groups in total. The molecule has 0 aliphatic heterocycles. The van der Waals surface area contributed by atoms with Crippen LogP contribution >= 0.6 is 0 Å². The van der Waals surface area contributed by atoms with Gasteiger partial charge in [0.2, 0.25) is 21.9 Å². The second kappa shape index (κ2) is 9.78. The molecule has 186 valence electrons. The van der Waals surface area contributed by atoms with Crippen molar-refractivity contribution in [1.82, 2.24) is 9.97 Å². The number of aryl methyl sites for hydroxylation is 1. The van der Waals surface area contributed by atoms with Gasteiger partial charge in [-0.1, -0.05) is 12.1 Å². The highest BCUT2D eigenvalue weighted by atomic mass is 32.2. The summed E-state index contributed by atoms with van der Waals surface area (Å²) in [7, 11) is -2.23. The van der Waals surface area contributed by atoms with Crippen molar-refractivity contribution in [3.05, 3.63) is 70.9 Å². The van der Waals surface area contributed by atoms with Crippen molar-refractivity contribution in [2.24, 2.45) is 5.73 Å². The van der Waals surface area contributed by atoms with E-state index in [9.17, 15) is 26.4 Å². The lowest BCUT2D eigenvalue weighted by Gasteiger charge is -2.22. The molecule has 0 spiro atoms. The molecule has 0 bridgehead atoms. The zero-order chi connectivity index (χ0) is 26.0. The Hall–Kier alpha value is -3.87. The number of alkyl halides is 3. The monoisotopic (exact) mass is 508 g/mol. The Labute approximate surface area is 200 Å². The van der Waals surface area contributed by atoms with Crippen molar-refractivity contribution in [3.63, 3.8) is 0 Å². The summed E-state index contributed by atoms with van der Waals surface area (Å²) in [6, 6.07) is 10.9. The Kier molecular flexibility index (Phi) is 7.19. The largest absolute Gasteiger partial charge is 0.421 e. The number of anilines is 4. The summed E-state index contributed by atoms with van der Waals surface area (Å²) in [5.74, 6) is -1.23. The van der Waals surface area contributed by atoms with E-state index < -0.39 is 33.5 Å². The fourth-order valence-electron chi connectivity index (χ4n) is 3.11. The summed E-state index contributed by atoms with van der Waals surface area (Å²) < 4.78 is 65.9. The van der Waals surface area contributed by atoms with Gasteiger partial charge in [0, 0.05) is 31.0 Å². The number of amides is 1. The number of hydrogen-bond acceptors (Lipinski definition) is 7. The maximum Gasteiger partial charge on any atom is 0.421 e. The van der Waals surface area contributed by atoms with Crippen LogP contribution in [0.3, 0.4) is 0 Å². The van der Waals surface area contributed by atoms with E-state index in [2.05, 4.69) is 20.6 Å². The molecule has 1 aromatic heterocycles. The van der Waals surface area contributed by atoms with Crippen LogP contribution in [0.25, 0.3) is 0 Å². The number of primary amides is 1. The molecule has 1 heterocycles. The van der Waals surface area contributed by atoms with E-state index in [4.69, 9.17) is 5.73 Å². The fraction of sp³-hybridized carbons (Fsp3) is 0.227. The number of sulfonamides is 1. The van der Waals surface area contributed by atoms with Crippen LogP contribution in [0, 0.1) is 6.92 Å². The molecule has 0 saturated carbocycles. The van der Waals surface area contributed by atoms with Gasteiger partial charge in [-0.15, -0.1) is 0 Å². The molecular formula is C22H23F3N6O3S. The van der Waals surface area contributed by atoms with E-state index in [1.807, 2.05) is 0 Å². The van der Waals surface area contributed by atoms with Crippen molar-refractivity contribution in [3.8, 4) is 0 Å². The van der Waals surface area contributed by atoms with Gasteiger partial charge in [0.15, 0.2) is 0 Å². The smallest absolute Gasteiger partial charge is 0.366 e. The summed E-state index contributed by atoms with van der Waals surface area (Å²) in [6.45, 7) is 1.64. The van der Waals surface area contributed by atoms with Crippen LogP contribution in [0.5, 0.6) is 0 Å². The fourth-order valence-corrected chi connectivity index (χ4v) is 3.63. The minimum atomic E-state index is -4.73. The quantitative estimate of drug-likeness (QED) is 0.423. The van der Waals surface area contributed by atoms with E-state index in [1.165, 1.54) is 31.3 Å². The average molecular weight is 509 g/mol. The highest BCUT2D eigenvalue weighted by molar-refractivity contribution is 7.92. The van der Waals surface area contributed by atoms with Gasteiger partial charge in [-0.2, -0.15) is 18.2 Å². The Morgan fingerprint density at radius 3 is 2.37 bits per heavy atom. The highest BCUT2D eigenvalue weighted by Crippen LogP contribution is 2.35. The minimum Gasteiger partial charge on any atom is -0.366 e. The molecule has 3 rings (SSSR count). The predicted octanol–water partition coefficient (Wildman–Crippen LogP) is 3.65. The number of nitrogens with two attached hydrogens (primary N) is 1. The third-order valence-corrected chi connectivity index (χ3v) is 6.24. The molecule has 13 heteroatoms. The van der Waals surface area contributed by atoms with E-state index >= 15 is 0 Å². The molecule has 0 aliphatic carbocycles. The van der Waals surface area contributed by atoms with Gasteiger partial charge in [0.05, 0.1) is 11.9 Å². The standard InChI is InChI=1S/C22H23F3N6O3S/c1-13-4-5-15(18(10-13)31(2)35(3,33)34)11-27-20-17(22(23,24)25)12-28-21(30-20)29-16-8-6-14(7-9-16)19(26)32/h4-10,12H,11H2,1-3H3,(H2,26,32)(H2,27,28,29,30). The van der Waals surface area contributed by atoms with Crippen LogP contribution in [0.15, 0.2) is 48.7 Å². The summed E-state index contributed by atoms with van der Waals surface area (Å²) in [4.78, 5) is 18.9. The van der Waals surface area contributed by atoms with Crippen molar-refractivity contribution < 1.29 is 26.4 Å². The number of benzene rings is 2. The Balaban J connectivity index is 1.92. The first-order valence-electron chi connectivity index (χ1n) is 10.1. The second-order valence-electron chi connectivity index (χ2n) is 7.74. The van der Waals surface area contributed by atoms with Gasteiger partial charge in [-0.3, -0.25) is 9.10 Å². The lowest BCUT2D eigenvalue weighted by atomic mass is 10.1. The molecule has 0 saturated heterocycles. The van der Waals surface area contributed by atoms with Crippen molar-refractivity contribution in [2.75, 3.05) is 28.2 Å². The first-order valence-corrected chi connectivity index (χ1v) is 12.0. The second-order valence-corrected chi connectivity index (χ2v) is 9.75. The number of rotatable bonds is 8. The zero-order valence-corrected chi connectivity index (χ0v) is 19.8. The van der Waals surface area contributed by atoms with Gasteiger partial charge in [0.1, 0.15) is 11.4 Å². The molecule has 2 aromatic carbocycles. The Morgan fingerprint density at radius 2 is 1.80 bits per heavy atom. The molecular weight excluding hydrogens is 485 g/mol. The van der Waals surface area contributed by atoms with Crippen LogP contribution in [0.2, 0.25) is 0 Å². The van der Waals surface area contributed by atoms with Crippen molar-refractivity contribution >= 4 is 39.1 Å². The Bertz CT molecular complexity index is 1350. The lowest BCUT2D eigenvalue weighted by Crippen LogP contribution is -2.26. The number of carbonyl (C=O) groups is 1. The maximum absolute atomic E-state index is 13.6. The van der Waals surface area contributed by atoms with Gasteiger partial charge in [0.25, 0.3) is 0 Å². The normalized spacial score (nSPS) is 11.7. The first-order chi connectivity index (χ1) is 16.3. The highest BCUT2D eigenvalue weighted by Gasteiger charge is 2.35. The van der Waals surface area contributed by atoms with Crippen molar-refractivity contribution in [2.45, 2.75) is 19.6 Å². The molecule has 0 unspecified atom stereocenters. The number of halogens is 3. The predicted molar refractivity (Wildman–Crippen MR) is 127 cm³/mol. The SMILES string of the molecule is Cc1ccc(CNc2nc(Nc3ccc(C(N)=O)cc3)ncc2C(F)(F)F)c(N(C)S(C)(=O)=O)c1. The molecule has 0 radical (unpaired) electrons. The van der Waals surface area contributed by atoms with Crippen LogP contribution in [0.4, 0.5) is 36.3 Å². The van der Waals surface area contributed by atoms with Crippen LogP contribution in [0.1, 0.15) is 27.0 Å². The molecule has 0 aliphatic rings. The molecule has 1 amide bonds. The third kappa shape index (κ3) is 6.38. The topological polar surface area (TPSA) is 130 Å². The minimum absolute atomic E-state index is 0.121. The molecule has 35 heavy (non-hydrogen) atoms. The maximum atomic E-state index is 13.6. The average Bonchev–Trinajstić information content (AvgIpc) is 2.76. The van der Waals surface area contributed by atoms with E-state index in [1.54, 1.807) is 25.1 Å². The third-order valence-electron chi connectivity index (χ3n) is 5.04. The number of aromatic nitrogens is 2. The molecule has 0 atom stereocenters. The molecule has 0 fully saturated rings. The van der Waals surface area contributed by atoms with Crippen molar-refractivity contribution in [1.29, 1.82) is 0 Å². The Morgan fingerprint density at radius 1 is 1.14 bits per heavy atom. The number of nitrogens with zero attached hydrogens (tertiary/aromatic N) is 3. The van der Waals surface area contributed by atoms with Crippen LogP contribution in [-0.2, 0) is 22.7 Å². The van der Waals surface area contributed by atoms with E-state index in [0.29, 0.717) is 23.1 Å². The summed E-state index contributed by atoms with van der Waals surface area (Å²) in [6.07, 6.45) is -3.05. The van der Waals surface area contributed by atoms with Gasteiger partial charge >= 0.3 is 6.18 Å². The molecule has 3 aromatic rings. The summed E-state index contributed by atoms with van der Waals surface area (Å²) in [5, 5.41) is 5.43. The van der Waals surface area contributed by atoms with E-state index in [0.717, 1.165) is 16.1 Å². The van der Waals surface area contributed by atoms with Gasteiger partial charge < -0.3 is 16.4 Å². The lowest BCUT2D eigenvalue weighted by molar-refractivity contribution is -0.137. The van der Waals surface area contributed by atoms with Crippen LogP contribution < -0.4 is 20.7 Å². The summed E-state index contributed by atoms with van der Waals surface area (Å²) in [5.41, 5.74) is 6.37. The number of hydrogen-bond donors (Lipinski definition) is 3. The number of nitrogens with one attached hydrogen (secondary N) is 2. The molecule has 9 nitrogen and oxygen atoms in total. The van der Waals surface area contributed by atoms with Crippen LogP contribution in [-0.4, -0.2) is 37.6 Å². The first kappa shape index (κ1) is 25.7. The van der Waals surface area contributed by atoms with E-state index in [-0.39, 0.29) is 18.1 Å².